The number of hydrogen-bond acceptors (Lipinski definition) is 3. The Bertz CT molecular complexity index is 536. The molecule has 1 aromatic heterocycles. The van der Waals surface area contributed by atoms with Gasteiger partial charge in [-0.25, -0.2) is 9.67 Å². The molecule has 0 saturated carbocycles. The number of benzene rings is 1. The normalized spacial score (nSPS) is 12.9. The van der Waals surface area contributed by atoms with Crippen LogP contribution in [-0.4, -0.2) is 14.8 Å². The summed E-state index contributed by atoms with van der Waals surface area (Å²) in [5.41, 5.74) is 7.24. The lowest BCUT2D eigenvalue weighted by molar-refractivity contribution is 0.459. The summed E-state index contributed by atoms with van der Waals surface area (Å²) in [4.78, 5) is 4.30. The van der Waals surface area contributed by atoms with E-state index in [1.807, 2.05) is 28.9 Å². The molecule has 0 saturated heterocycles. The van der Waals surface area contributed by atoms with Gasteiger partial charge in [0.05, 0.1) is 0 Å². The average molecular weight is 279 g/mol. The van der Waals surface area contributed by atoms with Gasteiger partial charge < -0.3 is 5.73 Å². The maximum absolute atomic E-state index is 6.22. The van der Waals surface area contributed by atoms with E-state index < -0.39 is 0 Å². The summed E-state index contributed by atoms with van der Waals surface area (Å²) in [6.45, 7) is 5.17. The molecule has 1 aromatic carbocycles. The Morgan fingerprint density at radius 3 is 2.84 bits per heavy atom. The standard InChI is InChI=1S/C14H19ClN4/c1-10(2)8-19-14(17-9-18-19)7-13(16)11-4-3-5-12(15)6-11/h3-6,9-10,13H,7-8,16H2,1-2H3. The molecule has 0 bridgehead atoms. The second-order valence-corrected chi connectivity index (χ2v) is 5.55. The Hall–Kier alpha value is -1.39. The average Bonchev–Trinajstić information content (AvgIpc) is 2.75. The largest absolute Gasteiger partial charge is 0.324 e. The fourth-order valence-electron chi connectivity index (χ4n) is 2.00. The second-order valence-electron chi connectivity index (χ2n) is 5.12. The van der Waals surface area contributed by atoms with Crippen molar-refractivity contribution in [2.24, 2.45) is 11.7 Å². The summed E-state index contributed by atoms with van der Waals surface area (Å²) in [7, 11) is 0. The zero-order chi connectivity index (χ0) is 13.8. The smallest absolute Gasteiger partial charge is 0.138 e. The Morgan fingerprint density at radius 2 is 2.16 bits per heavy atom. The number of hydrogen-bond donors (Lipinski definition) is 1. The molecule has 2 aromatic rings. The van der Waals surface area contributed by atoms with Gasteiger partial charge in [0.1, 0.15) is 12.2 Å². The van der Waals surface area contributed by atoms with E-state index in [1.54, 1.807) is 6.33 Å². The van der Waals surface area contributed by atoms with Crippen LogP contribution in [0, 0.1) is 5.92 Å². The topological polar surface area (TPSA) is 56.7 Å². The van der Waals surface area contributed by atoms with E-state index in [-0.39, 0.29) is 6.04 Å². The van der Waals surface area contributed by atoms with Gasteiger partial charge in [-0.1, -0.05) is 37.6 Å². The highest BCUT2D eigenvalue weighted by atomic mass is 35.5. The summed E-state index contributed by atoms with van der Waals surface area (Å²) >= 11 is 5.98. The molecule has 0 radical (unpaired) electrons. The predicted molar refractivity (Wildman–Crippen MR) is 76.9 cm³/mol. The van der Waals surface area contributed by atoms with Crippen molar-refractivity contribution >= 4 is 11.6 Å². The molecular formula is C14H19ClN4. The molecule has 0 aliphatic heterocycles. The van der Waals surface area contributed by atoms with Gasteiger partial charge >= 0.3 is 0 Å². The number of halogens is 1. The lowest BCUT2D eigenvalue weighted by atomic mass is 10.0. The summed E-state index contributed by atoms with van der Waals surface area (Å²) < 4.78 is 1.93. The zero-order valence-corrected chi connectivity index (χ0v) is 12.0. The highest BCUT2D eigenvalue weighted by Gasteiger charge is 2.13. The Kier molecular flexibility index (Phi) is 4.56. The molecule has 4 nitrogen and oxygen atoms in total. The van der Waals surface area contributed by atoms with Crippen molar-refractivity contribution in [2.45, 2.75) is 32.9 Å². The van der Waals surface area contributed by atoms with Crippen molar-refractivity contribution in [3.63, 3.8) is 0 Å². The third-order valence-corrected chi connectivity index (χ3v) is 3.15. The summed E-state index contributed by atoms with van der Waals surface area (Å²) in [6, 6.07) is 7.53. The lowest BCUT2D eigenvalue weighted by Crippen LogP contribution is -2.18. The van der Waals surface area contributed by atoms with Crippen molar-refractivity contribution in [1.29, 1.82) is 0 Å². The van der Waals surface area contributed by atoms with Crippen molar-refractivity contribution < 1.29 is 0 Å². The van der Waals surface area contributed by atoms with Crippen molar-refractivity contribution in [1.82, 2.24) is 14.8 Å². The first-order valence-electron chi connectivity index (χ1n) is 6.44. The lowest BCUT2D eigenvalue weighted by Gasteiger charge is -2.13. The van der Waals surface area contributed by atoms with E-state index in [9.17, 15) is 0 Å². The van der Waals surface area contributed by atoms with Gasteiger partial charge in [0.25, 0.3) is 0 Å². The molecule has 0 aliphatic carbocycles. The zero-order valence-electron chi connectivity index (χ0n) is 11.3. The summed E-state index contributed by atoms with van der Waals surface area (Å²) in [5, 5.41) is 4.95. The minimum atomic E-state index is -0.117. The molecule has 2 rings (SSSR count). The van der Waals surface area contributed by atoms with Gasteiger partial charge in [-0.2, -0.15) is 5.10 Å². The third kappa shape index (κ3) is 3.78. The first kappa shape index (κ1) is 14.0. The number of nitrogens with zero attached hydrogens (tertiary/aromatic N) is 3. The van der Waals surface area contributed by atoms with Gasteiger partial charge in [-0.3, -0.25) is 0 Å². The van der Waals surface area contributed by atoms with Gasteiger partial charge in [0.15, 0.2) is 0 Å². The Balaban J connectivity index is 2.10. The maximum atomic E-state index is 6.22. The van der Waals surface area contributed by atoms with Crippen LogP contribution in [0.15, 0.2) is 30.6 Å². The van der Waals surface area contributed by atoms with E-state index in [1.165, 1.54) is 0 Å². The van der Waals surface area contributed by atoms with Crippen LogP contribution in [0.2, 0.25) is 5.02 Å². The molecule has 0 spiro atoms. The third-order valence-electron chi connectivity index (χ3n) is 2.91. The van der Waals surface area contributed by atoms with Crippen LogP contribution >= 0.6 is 11.6 Å². The van der Waals surface area contributed by atoms with Gasteiger partial charge in [0, 0.05) is 24.0 Å². The Labute approximate surface area is 118 Å². The van der Waals surface area contributed by atoms with Crippen LogP contribution < -0.4 is 5.73 Å². The monoisotopic (exact) mass is 278 g/mol. The highest BCUT2D eigenvalue weighted by Crippen LogP contribution is 2.19. The predicted octanol–water partition coefficient (Wildman–Crippen LogP) is 2.83. The number of nitrogens with two attached hydrogens (primary N) is 1. The second kappa shape index (κ2) is 6.17. The Morgan fingerprint density at radius 1 is 1.37 bits per heavy atom. The van der Waals surface area contributed by atoms with Crippen molar-refractivity contribution in [3.8, 4) is 0 Å². The van der Waals surface area contributed by atoms with E-state index in [0.29, 0.717) is 17.4 Å². The van der Waals surface area contributed by atoms with E-state index in [4.69, 9.17) is 17.3 Å². The molecule has 0 aliphatic rings. The number of rotatable bonds is 5. The molecule has 5 heteroatoms. The van der Waals surface area contributed by atoms with Gasteiger partial charge in [-0.05, 0) is 23.6 Å². The molecule has 0 fully saturated rings. The van der Waals surface area contributed by atoms with Gasteiger partial charge in [-0.15, -0.1) is 0 Å². The quantitative estimate of drug-likeness (QED) is 0.915. The molecular weight excluding hydrogens is 260 g/mol. The van der Waals surface area contributed by atoms with Crippen LogP contribution in [0.25, 0.3) is 0 Å². The van der Waals surface area contributed by atoms with Crippen LogP contribution in [-0.2, 0) is 13.0 Å². The molecule has 19 heavy (non-hydrogen) atoms. The fourth-order valence-corrected chi connectivity index (χ4v) is 2.20. The molecule has 2 N–H and O–H groups in total. The fraction of sp³-hybridized carbons (Fsp3) is 0.429. The summed E-state index contributed by atoms with van der Waals surface area (Å²) in [5.74, 6) is 1.45. The van der Waals surface area contributed by atoms with Crippen LogP contribution in [0.4, 0.5) is 0 Å². The van der Waals surface area contributed by atoms with E-state index in [0.717, 1.165) is 17.9 Å². The molecule has 1 unspecified atom stereocenters. The van der Waals surface area contributed by atoms with Crippen LogP contribution in [0.5, 0.6) is 0 Å². The first-order valence-corrected chi connectivity index (χ1v) is 6.81. The first-order chi connectivity index (χ1) is 9.06. The SMILES string of the molecule is CC(C)Cn1ncnc1CC(N)c1cccc(Cl)c1. The van der Waals surface area contributed by atoms with E-state index >= 15 is 0 Å². The molecule has 1 atom stereocenters. The van der Waals surface area contributed by atoms with Crippen molar-refractivity contribution in [2.75, 3.05) is 0 Å². The van der Waals surface area contributed by atoms with E-state index in [2.05, 4.69) is 23.9 Å². The molecule has 0 amide bonds. The maximum Gasteiger partial charge on any atom is 0.138 e. The highest BCUT2D eigenvalue weighted by molar-refractivity contribution is 6.30. The van der Waals surface area contributed by atoms with Crippen LogP contribution in [0.1, 0.15) is 31.3 Å². The van der Waals surface area contributed by atoms with Crippen LogP contribution in [0.3, 0.4) is 0 Å². The minimum absolute atomic E-state index is 0.117. The van der Waals surface area contributed by atoms with Crippen molar-refractivity contribution in [3.05, 3.63) is 47.0 Å². The molecule has 1 heterocycles. The summed E-state index contributed by atoms with van der Waals surface area (Å²) in [6.07, 6.45) is 2.25. The number of aromatic nitrogens is 3. The van der Waals surface area contributed by atoms with Gasteiger partial charge in [0.2, 0.25) is 0 Å². The minimum Gasteiger partial charge on any atom is -0.324 e. The molecule has 102 valence electrons.